The highest BCUT2D eigenvalue weighted by Gasteiger charge is 2.35. The number of ether oxygens (including phenoxy) is 3. The number of hydrogen-bond donors (Lipinski definition) is 3. The summed E-state index contributed by atoms with van der Waals surface area (Å²) < 4.78 is 26.8. The molecule has 10 heteroatoms. The Hall–Kier alpha value is -0.910. The van der Waals surface area contributed by atoms with Crippen molar-refractivity contribution >= 4 is 23.1 Å². The molecular formula is C18H34O9S. The van der Waals surface area contributed by atoms with Crippen LogP contribution in [-0.2, 0) is 35.0 Å². The molecule has 0 aliphatic carbocycles. The van der Waals surface area contributed by atoms with Crippen LogP contribution in [0.1, 0.15) is 33.6 Å². The van der Waals surface area contributed by atoms with Gasteiger partial charge in [0.1, 0.15) is 36.9 Å². The van der Waals surface area contributed by atoms with Crippen LogP contribution in [-0.4, -0.2) is 89.1 Å². The van der Waals surface area contributed by atoms with Gasteiger partial charge in [-0.1, -0.05) is 6.92 Å². The van der Waals surface area contributed by atoms with Gasteiger partial charge in [-0.15, -0.1) is 0 Å². The molecule has 0 aliphatic rings. The van der Waals surface area contributed by atoms with Crippen LogP contribution in [0.2, 0.25) is 0 Å². The molecule has 0 radical (unpaired) electrons. The zero-order valence-electron chi connectivity index (χ0n) is 17.1. The van der Waals surface area contributed by atoms with E-state index in [0.29, 0.717) is 13.0 Å². The molecular weight excluding hydrogens is 392 g/mol. The van der Waals surface area contributed by atoms with Gasteiger partial charge in [-0.3, -0.25) is 9.59 Å². The fourth-order valence-corrected chi connectivity index (χ4v) is 3.60. The van der Waals surface area contributed by atoms with Gasteiger partial charge in [0.05, 0.1) is 24.5 Å². The quantitative estimate of drug-likeness (QED) is 0.181. The highest BCUT2D eigenvalue weighted by atomic mass is 32.2. The van der Waals surface area contributed by atoms with E-state index in [9.17, 15) is 24.4 Å². The number of aliphatic hydroxyl groups is 3. The number of carbonyl (C=O) groups is 2. The van der Waals surface area contributed by atoms with Crippen LogP contribution in [0, 0.1) is 11.3 Å². The Morgan fingerprint density at radius 2 is 1.71 bits per heavy atom. The van der Waals surface area contributed by atoms with Crippen molar-refractivity contribution in [2.75, 3.05) is 45.0 Å². The van der Waals surface area contributed by atoms with Gasteiger partial charge in [-0.2, -0.15) is 0 Å². The van der Waals surface area contributed by atoms with Crippen molar-refractivity contribution in [1.29, 1.82) is 0 Å². The summed E-state index contributed by atoms with van der Waals surface area (Å²) in [4.78, 5) is 24.5. The largest absolute Gasteiger partial charge is 0.616 e. The minimum Gasteiger partial charge on any atom is -0.616 e. The van der Waals surface area contributed by atoms with Gasteiger partial charge < -0.3 is 34.1 Å². The van der Waals surface area contributed by atoms with Crippen molar-refractivity contribution in [2.45, 2.75) is 45.8 Å². The molecule has 0 fully saturated rings. The van der Waals surface area contributed by atoms with Crippen molar-refractivity contribution < 1.29 is 43.7 Å². The lowest BCUT2D eigenvalue weighted by Gasteiger charge is -2.27. The van der Waals surface area contributed by atoms with Gasteiger partial charge >= 0.3 is 11.9 Å². The second kappa shape index (κ2) is 14.1. The number of aliphatic hydroxyl groups excluding tert-OH is 3. The Bertz CT molecular complexity index is 458. The highest BCUT2D eigenvalue weighted by molar-refractivity contribution is 7.91. The van der Waals surface area contributed by atoms with E-state index in [1.54, 1.807) is 13.8 Å². The smallest absolute Gasteiger partial charge is 0.311 e. The molecule has 0 rings (SSSR count). The third-order valence-corrected chi connectivity index (χ3v) is 5.55. The Morgan fingerprint density at radius 3 is 2.25 bits per heavy atom. The average molecular weight is 427 g/mol. The maximum atomic E-state index is 12.4. The Labute approximate surface area is 169 Å². The number of carbonyl (C=O) groups excluding carboxylic acids is 2. The molecule has 4 unspecified atom stereocenters. The fourth-order valence-electron chi connectivity index (χ4n) is 2.40. The molecule has 3 N–H and O–H groups in total. The van der Waals surface area contributed by atoms with Gasteiger partial charge in [-0.25, -0.2) is 0 Å². The monoisotopic (exact) mass is 426 g/mol. The van der Waals surface area contributed by atoms with Gasteiger partial charge in [0.25, 0.3) is 0 Å². The van der Waals surface area contributed by atoms with E-state index < -0.39 is 53.3 Å². The minimum absolute atomic E-state index is 0.144. The lowest BCUT2D eigenvalue weighted by molar-refractivity contribution is -0.160. The summed E-state index contributed by atoms with van der Waals surface area (Å²) in [6.45, 7) is 4.68. The van der Waals surface area contributed by atoms with E-state index in [4.69, 9.17) is 19.3 Å². The molecule has 0 heterocycles. The molecule has 0 aromatic heterocycles. The number of esters is 2. The van der Waals surface area contributed by atoms with E-state index >= 15 is 0 Å². The van der Waals surface area contributed by atoms with E-state index in [1.165, 1.54) is 7.11 Å². The third kappa shape index (κ3) is 11.2. The summed E-state index contributed by atoms with van der Waals surface area (Å²) in [7, 11) is 1.50. The van der Waals surface area contributed by atoms with Crippen molar-refractivity contribution in [3.05, 3.63) is 0 Å². The molecule has 0 saturated heterocycles. The summed E-state index contributed by atoms with van der Waals surface area (Å²) >= 11 is -1.56. The Kier molecular flexibility index (Phi) is 13.7. The molecule has 166 valence electrons. The maximum absolute atomic E-state index is 12.4. The number of rotatable bonds is 15. The third-order valence-electron chi connectivity index (χ3n) is 4.04. The summed E-state index contributed by atoms with van der Waals surface area (Å²) in [5.41, 5.74) is -0.979. The molecule has 0 aromatic carbocycles. The second-order valence-corrected chi connectivity index (χ2v) is 8.76. The van der Waals surface area contributed by atoms with Crippen LogP contribution in [0.5, 0.6) is 0 Å². The lowest BCUT2D eigenvalue weighted by atomic mass is 9.81. The first kappa shape index (κ1) is 27.1. The van der Waals surface area contributed by atoms with Gasteiger partial charge in [0.2, 0.25) is 0 Å². The maximum Gasteiger partial charge on any atom is 0.311 e. The first-order valence-corrected chi connectivity index (χ1v) is 10.7. The fraction of sp³-hybridized carbons (Fsp3) is 0.889. The molecule has 0 spiro atoms. The number of hydrogen-bond acceptors (Lipinski definition) is 9. The van der Waals surface area contributed by atoms with E-state index in [1.807, 2.05) is 6.92 Å². The van der Waals surface area contributed by atoms with Gasteiger partial charge in [0.15, 0.2) is 0 Å². The Balaban J connectivity index is 4.49. The van der Waals surface area contributed by atoms with Crippen molar-refractivity contribution in [3.63, 3.8) is 0 Å². The first-order valence-electron chi connectivity index (χ1n) is 9.22. The molecule has 4 atom stereocenters. The second-order valence-electron chi connectivity index (χ2n) is 7.22. The SMILES string of the molecule is CCC(CC(C)(C)C(=O)OCC(O)C[S+]([O-])CC(O)CO)C(=O)OCCOC. The summed E-state index contributed by atoms with van der Waals surface area (Å²) in [6, 6.07) is 0. The predicted octanol–water partition coefficient (Wildman–Crippen LogP) is -0.375. The van der Waals surface area contributed by atoms with Crippen LogP contribution < -0.4 is 0 Å². The lowest BCUT2D eigenvalue weighted by Crippen LogP contribution is -2.36. The summed E-state index contributed by atoms with van der Waals surface area (Å²) in [5, 5.41) is 27.8. The minimum atomic E-state index is -1.56. The highest BCUT2D eigenvalue weighted by Crippen LogP contribution is 2.29. The topological polar surface area (TPSA) is 146 Å². The average Bonchev–Trinajstić information content (AvgIpc) is 2.63. The number of methoxy groups -OCH3 is 1. The van der Waals surface area contributed by atoms with E-state index in [2.05, 4.69) is 0 Å². The summed E-state index contributed by atoms with van der Waals surface area (Å²) in [5.74, 6) is -1.82. The predicted molar refractivity (Wildman–Crippen MR) is 103 cm³/mol. The van der Waals surface area contributed by atoms with Crippen LogP contribution in [0.25, 0.3) is 0 Å². The molecule has 0 aromatic rings. The molecule has 0 aliphatic heterocycles. The molecule has 9 nitrogen and oxygen atoms in total. The van der Waals surface area contributed by atoms with E-state index in [0.717, 1.165) is 0 Å². The van der Waals surface area contributed by atoms with Gasteiger partial charge in [-0.05, 0) is 37.9 Å². The zero-order valence-corrected chi connectivity index (χ0v) is 17.9. The zero-order chi connectivity index (χ0) is 21.7. The molecule has 0 saturated carbocycles. The normalized spacial score (nSPS) is 16.1. The van der Waals surface area contributed by atoms with Crippen molar-refractivity contribution in [3.8, 4) is 0 Å². The van der Waals surface area contributed by atoms with E-state index in [-0.39, 0.29) is 31.1 Å². The molecule has 0 amide bonds. The van der Waals surface area contributed by atoms with Crippen LogP contribution in [0.3, 0.4) is 0 Å². The molecule has 0 bridgehead atoms. The first-order chi connectivity index (χ1) is 13.1. The molecule has 28 heavy (non-hydrogen) atoms. The van der Waals surface area contributed by atoms with Crippen LogP contribution >= 0.6 is 0 Å². The van der Waals surface area contributed by atoms with Crippen LogP contribution in [0.4, 0.5) is 0 Å². The van der Waals surface area contributed by atoms with Crippen molar-refractivity contribution in [1.82, 2.24) is 0 Å². The Morgan fingerprint density at radius 1 is 1.11 bits per heavy atom. The standard InChI is InChI=1S/C18H34O9S/c1-5-13(16(22)26-7-6-25-4)8-18(2,3)17(23)27-10-15(21)12-28(24)11-14(20)9-19/h13-15,19-21H,5-12H2,1-4H3. The van der Waals surface area contributed by atoms with Gasteiger partial charge in [0, 0.05) is 7.11 Å². The summed E-state index contributed by atoms with van der Waals surface area (Å²) in [6.07, 6.45) is -1.56. The van der Waals surface area contributed by atoms with Crippen LogP contribution in [0.15, 0.2) is 0 Å². The van der Waals surface area contributed by atoms with Crippen molar-refractivity contribution in [2.24, 2.45) is 11.3 Å².